The van der Waals surface area contributed by atoms with E-state index in [2.05, 4.69) is 0 Å². The van der Waals surface area contributed by atoms with Gasteiger partial charge in [0, 0.05) is 16.1 Å². The van der Waals surface area contributed by atoms with Crippen molar-refractivity contribution in [1.82, 2.24) is 0 Å². The van der Waals surface area contributed by atoms with E-state index in [0.717, 1.165) is 0 Å². The molecule has 0 atom stereocenters. The molecule has 2 rings (SSSR count). The Bertz CT molecular complexity index is 662. The minimum Gasteiger partial charge on any atom is -0.487 e. The van der Waals surface area contributed by atoms with Gasteiger partial charge in [0.15, 0.2) is 0 Å². The summed E-state index contributed by atoms with van der Waals surface area (Å²) >= 11 is 11.7. The minimum atomic E-state index is -0.484. The van der Waals surface area contributed by atoms with Crippen LogP contribution in [0, 0.1) is 11.2 Å². The summed E-state index contributed by atoms with van der Waals surface area (Å²) in [6, 6.07) is 9.09. The third-order valence-corrected chi connectivity index (χ3v) is 3.17. The van der Waals surface area contributed by atoms with E-state index in [-0.39, 0.29) is 12.4 Å². The number of rotatable bonds is 4. The van der Waals surface area contributed by atoms with Gasteiger partial charge in [-0.15, -0.1) is 0 Å². The summed E-state index contributed by atoms with van der Waals surface area (Å²) in [5.74, 6) is -0.244. The second-order valence-corrected chi connectivity index (χ2v) is 4.93. The fourth-order valence-electron chi connectivity index (χ4n) is 1.58. The van der Waals surface area contributed by atoms with Crippen LogP contribution in [0.5, 0.6) is 5.75 Å². The SMILES string of the molecule is N=C(N)c1ccc(COc2ccc(Cl)cc2Cl)c(F)c1. The van der Waals surface area contributed by atoms with E-state index in [1.165, 1.54) is 12.1 Å². The van der Waals surface area contributed by atoms with Gasteiger partial charge >= 0.3 is 0 Å². The van der Waals surface area contributed by atoms with Gasteiger partial charge in [-0.2, -0.15) is 0 Å². The summed E-state index contributed by atoms with van der Waals surface area (Å²) in [5, 5.41) is 8.10. The predicted molar refractivity (Wildman–Crippen MR) is 78.2 cm³/mol. The Morgan fingerprint density at radius 1 is 1.20 bits per heavy atom. The molecular formula is C14H11Cl2FN2O. The number of benzene rings is 2. The molecule has 3 N–H and O–H groups in total. The average molecular weight is 313 g/mol. The lowest BCUT2D eigenvalue weighted by atomic mass is 10.1. The largest absolute Gasteiger partial charge is 0.487 e. The van der Waals surface area contributed by atoms with Crippen LogP contribution in [-0.4, -0.2) is 5.84 Å². The molecular weight excluding hydrogens is 302 g/mol. The molecule has 0 aromatic heterocycles. The Balaban J connectivity index is 2.13. The van der Waals surface area contributed by atoms with E-state index in [9.17, 15) is 4.39 Å². The number of nitrogen functional groups attached to an aromatic ring is 1. The van der Waals surface area contributed by atoms with E-state index in [0.29, 0.717) is 26.9 Å². The van der Waals surface area contributed by atoms with Gasteiger partial charge in [-0.25, -0.2) is 4.39 Å². The first-order valence-corrected chi connectivity index (χ1v) is 6.43. The third kappa shape index (κ3) is 3.40. The Kier molecular flexibility index (Phi) is 4.47. The van der Waals surface area contributed by atoms with E-state index in [1.54, 1.807) is 24.3 Å². The molecule has 2 aromatic rings. The topological polar surface area (TPSA) is 59.1 Å². The summed E-state index contributed by atoms with van der Waals surface area (Å²) in [5.41, 5.74) is 5.96. The standard InChI is InChI=1S/C14H11Cl2FN2O/c15-10-3-4-13(11(16)6-10)20-7-9-2-1-8(14(18)19)5-12(9)17/h1-6H,7H2,(H3,18,19). The van der Waals surface area contributed by atoms with Gasteiger partial charge in [0.2, 0.25) is 0 Å². The fourth-order valence-corrected chi connectivity index (χ4v) is 2.04. The molecule has 6 heteroatoms. The highest BCUT2D eigenvalue weighted by Crippen LogP contribution is 2.28. The summed E-state index contributed by atoms with van der Waals surface area (Å²) < 4.78 is 19.2. The third-order valence-electron chi connectivity index (χ3n) is 2.64. The first-order chi connectivity index (χ1) is 9.47. The van der Waals surface area contributed by atoms with Crippen LogP contribution in [-0.2, 0) is 6.61 Å². The molecule has 0 saturated carbocycles. The molecule has 3 nitrogen and oxygen atoms in total. The molecule has 2 aromatic carbocycles. The Morgan fingerprint density at radius 3 is 2.55 bits per heavy atom. The van der Waals surface area contributed by atoms with Crippen molar-refractivity contribution in [3.63, 3.8) is 0 Å². The molecule has 0 unspecified atom stereocenters. The van der Waals surface area contributed by atoms with Crippen molar-refractivity contribution in [2.75, 3.05) is 0 Å². The van der Waals surface area contributed by atoms with Crippen molar-refractivity contribution < 1.29 is 9.13 Å². The van der Waals surface area contributed by atoms with Crippen LogP contribution in [0.2, 0.25) is 10.0 Å². The number of ether oxygens (including phenoxy) is 1. The minimum absolute atomic E-state index is 0.0192. The summed E-state index contributed by atoms with van der Waals surface area (Å²) in [7, 11) is 0. The highest BCUT2D eigenvalue weighted by atomic mass is 35.5. The van der Waals surface area contributed by atoms with E-state index >= 15 is 0 Å². The van der Waals surface area contributed by atoms with Crippen LogP contribution in [0.4, 0.5) is 4.39 Å². The van der Waals surface area contributed by atoms with Gasteiger partial charge in [0.1, 0.15) is 24.0 Å². The molecule has 0 aliphatic carbocycles. The number of hydrogen-bond donors (Lipinski definition) is 2. The average Bonchev–Trinajstić information content (AvgIpc) is 2.38. The maximum atomic E-state index is 13.8. The second kappa shape index (κ2) is 6.11. The number of nitrogens with one attached hydrogen (secondary N) is 1. The summed E-state index contributed by atoms with van der Waals surface area (Å²) in [6.45, 7) is 0.0192. The molecule has 20 heavy (non-hydrogen) atoms. The van der Waals surface area contributed by atoms with Crippen molar-refractivity contribution in [2.24, 2.45) is 5.73 Å². The lowest BCUT2D eigenvalue weighted by molar-refractivity contribution is 0.300. The number of halogens is 3. The molecule has 0 heterocycles. The van der Waals surface area contributed by atoms with Crippen molar-refractivity contribution in [3.05, 3.63) is 63.4 Å². The zero-order valence-corrected chi connectivity index (χ0v) is 11.8. The van der Waals surface area contributed by atoms with Crippen LogP contribution in [0.15, 0.2) is 36.4 Å². The van der Waals surface area contributed by atoms with Gasteiger partial charge in [0.05, 0.1) is 5.02 Å². The van der Waals surface area contributed by atoms with E-state index in [4.69, 9.17) is 39.1 Å². The molecule has 104 valence electrons. The normalized spacial score (nSPS) is 10.3. The van der Waals surface area contributed by atoms with Crippen LogP contribution >= 0.6 is 23.2 Å². The van der Waals surface area contributed by atoms with Crippen molar-refractivity contribution >= 4 is 29.0 Å². The molecule has 0 fully saturated rings. The van der Waals surface area contributed by atoms with Crippen molar-refractivity contribution in [1.29, 1.82) is 5.41 Å². The quantitative estimate of drug-likeness (QED) is 0.662. The number of amidine groups is 1. The van der Waals surface area contributed by atoms with Crippen molar-refractivity contribution in [3.8, 4) is 5.75 Å². The Labute approximate surface area is 125 Å². The van der Waals surface area contributed by atoms with Crippen molar-refractivity contribution in [2.45, 2.75) is 6.61 Å². The Hall–Kier alpha value is -1.78. The monoisotopic (exact) mass is 312 g/mol. The molecule has 0 radical (unpaired) electrons. The molecule has 0 saturated heterocycles. The zero-order chi connectivity index (χ0) is 14.7. The first-order valence-electron chi connectivity index (χ1n) is 5.68. The smallest absolute Gasteiger partial charge is 0.138 e. The maximum absolute atomic E-state index is 13.8. The second-order valence-electron chi connectivity index (χ2n) is 4.08. The summed E-state index contributed by atoms with van der Waals surface area (Å²) in [6.07, 6.45) is 0. The van der Waals surface area contributed by atoms with Gasteiger partial charge in [0.25, 0.3) is 0 Å². The fraction of sp³-hybridized carbons (Fsp3) is 0.0714. The highest BCUT2D eigenvalue weighted by molar-refractivity contribution is 6.35. The van der Waals surface area contributed by atoms with Crippen LogP contribution in [0.25, 0.3) is 0 Å². The zero-order valence-electron chi connectivity index (χ0n) is 10.3. The lowest BCUT2D eigenvalue weighted by Gasteiger charge is -2.09. The molecule has 0 spiro atoms. The Morgan fingerprint density at radius 2 is 1.95 bits per heavy atom. The van der Waals surface area contributed by atoms with Crippen LogP contribution in [0.3, 0.4) is 0 Å². The van der Waals surface area contributed by atoms with Gasteiger partial charge < -0.3 is 10.5 Å². The predicted octanol–water partition coefficient (Wildman–Crippen LogP) is 4.00. The maximum Gasteiger partial charge on any atom is 0.138 e. The number of hydrogen-bond acceptors (Lipinski definition) is 2. The molecule has 0 amide bonds. The van der Waals surface area contributed by atoms with Crippen LogP contribution < -0.4 is 10.5 Å². The van der Waals surface area contributed by atoms with Gasteiger partial charge in [-0.05, 0) is 24.3 Å². The number of nitrogens with two attached hydrogens (primary N) is 1. The summed E-state index contributed by atoms with van der Waals surface area (Å²) in [4.78, 5) is 0. The van der Waals surface area contributed by atoms with Crippen LogP contribution in [0.1, 0.15) is 11.1 Å². The van der Waals surface area contributed by atoms with E-state index in [1.807, 2.05) is 0 Å². The molecule has 0 bridgehead atoms. The highest BCUT2D eigenvalue weighted by Gasteiger charge is 2.08. The molecule has 0 aliphatic rings. The van der Waals surface area contributed by atoms with Gasteiger partial charge in [-0.3, -0.25) is 5.41 Å². The van der Waals surface area contributed by atoms with Gasteiger partial charge in [-0.1, -0.05) is 35.3 Å². The molecule has 0 aliphatic heterocycles. The lowest BCUT2D eigenvalue weighted by Crippen LogP contribution is -2.12. The first kappa shape index (κ1) is 14.6. The van der Waals surface area contributed by atoms with E-state index < -0.39 is 5.82 Å².